The fraction of sp³-hybridized carbons (Fsp3) is 0.923. The van der Waals surface area contributed by atoms with Gasteiger partial charge in [-0.15, -0.1) is 0 Å². The van der Waals surface area contributed by atoms with Crippen molar-refractivity contribution in [3.05, 3.63) is 12.3 Å². The number of ether oxygens (including phenoxy) is 2. The normalized spacial score (nSPS) is 24.1. The highest BCUT2D eigenvalue weighted by atomic mass is 16.6. The van der Waals surface area contributed by atoms with Gasteiger partial charge in [0.2, 0.25) is 0 Å². The lowest BCUT2D eigenvalue weighted by molar-refractivity contribution is -0.196. The molecule has 5 heteroatoms. The van der Waals surface area contributed by atoms with E-state index in [0.717, 1.165) is 12.8 Å². The largest absolute Gasteiger partial charge is 0.493 e. The predicted molar refractivity (Wildman–Crippen MR) is 127 cm³/mol. The average Bonchev–Trinajstić information content (AvgIpc) is 2.78. The Morgan fingerprint density at radius 2 is 1.23 bits per heavy atom. The lowest BCUT2D eigenvalue weighted by Crippen LogP contribution is -2.54. The average molecular weight is 443 g/mol. The first-order valence-electron chi connectivity index (χ1n) is 13.1. The maximum absolute atomic E-state index is 9.99. The molecular formula is C26H50O5. The van der Waals surface area contributed by atoms with Crippen molar-refractivity contribution in [2.75, 3.05) is 13.2 Å². The zero-order valence-electron chi connectivity index (χ0n) is 20.1. The van der Waals surface area contributed by atoms with Crippen molar-refractivity contribution in [3.63, 3.8) is 0 Å². The zero-order valence-corrected chi connectivity index (χ0v) is 20.1. The van der Waals surface area contributed by atoms with Gasteiger partial charge >= 0.3 is 0 Å². The van der Waals surface area contributed by atoms with Crippen LogP contribution in [0.2, 0.25) is 0 Å². The molecule has 1 saturated heterocycles. The third-order valence-corrected chi connectivity index (χ3v) is 6.34. The summed E-state index contributed by atoms with van der Waals surface area (Å²) in [4.78, 5) is 0. The van der Waals surface area contributed by atoms with Gasteiger partial charge in [-0.25, -0.2) is 0 Å². The van der Waals surface area contributed by atoms with Crippen molar-refractivity contribution in [1.29, 1.82) is 0 Å². The molecule has 0 spiro atoms. The van der Waals surface area contributed by atoms with Crippen LogP contribution < -0.4 is 0 Å². The topological polar surface area (TPSA) is 79.2 Å². The monoisotopic (exact) mass is 442 g/mol. The van der Waals surface area contributed by atoms with E-state index in [1.54, 1.807) is 6.26 Å². The van der Waals surface area contributed by atoms with Crippen LogP contribution in [0.25, 0.3) is 0 Å². The van der Waals surface area contributed by atoms with Gasteiger partial charge in [-0.3, -0.25) is 0 Å². The van der Waals surface area contributed by atoms with Crippen molar-refractivity contribution in [2.45, 2.75) is 140 Å². The Morgan fingerprint density at radius 1 is 0.742 bits per heavy atom. The Balaban J connectivity index is 1.82. The number of aliphatic hydroxyl groups is 3. The lowest BCUT2D eigenvalue weighted by Gasteiger charge is -2.36. The van der Waals surface area contributed by atoms with Crippen LogP contribution >= 0.6 is 0 Å². The molecular weight excluding hydrogens is 392 g/mol. The molecule has 5 nitrogen and oxygen atoms in total. The first kappa shape index (κ1) is 28.4. The molecule has 1 aliphatic heterocycles. The van der Waals surface area contributed by atoms with Crippen molar-refractivity contribution >= 4 is 0 Å². The molecule has 0 aromatic heterocycles. The van der Waals surface area contributed by atoms with E-state index in [-0.39, 0.29) is 13.2 Å². The van der Waals surface area contributed by atoms with Gasteiger partial charge < -0.3 is 24.8 Å². The molecule has 4 atom stereocenters. The predicted octanol–water partition coefficient (Wildman–Crippen LogP) is 5.65. The van der Waals surface area contributed by atoms with Gasteiger partial charge in [0, 0.05) is 0 Å². The summed E-state index contributed by atoms with van der Waals surface area (Å²) in [5, 5.41) is 28.9. The molecule has 0 amide bonds. The molecule has 3 N–H and O–H groups in total. The Bertz CT molecular complexity index is 415. The van der Waals surface area contributed by atoms with E-state index >= 15 is 0 Å². The second kappa shape index (κ2) is 20.0. The third-order valence-electron chi connectivity index (χ3n) is 6.34. The van der Waals surface area contributed by atoms with Crippen LogP contribution in [0.4, 0.5) is 0 Å². The number of allylic oxidation sites excluding steroid dienone is 1. The van der Waals surface area contributed by atoms with Crippen molar-refractivity contribution < 1.29 is 24.8 Å². The summed E-state index contributed by atoms with van der Waals surface area (Å²) in [6.07, 6.45) is 23.0. The number of unbranched alkanes of at least 4 members (excludes halogenated alkanes) is 16. The second-order valence-corrected chi connectivity index (χ2v) is 9.17. The molecule has 0 aliphatic carbocycles. The summed E-state index contributed by atoms with van der Waals surface area (Å²) in [7, 11) is 0. The molecule has 31 heavy (non-hydrogen) atoms. The molecule has 1 aliphatic rings. The maximum Gasteiger partial charge on any atom is 0.149 e. The van der Waals surface area contributed by atoms with Crippen molar-refractivity contribution in [2.24, 2.45) is 0 Å². The molecule has 184 valence electrons. The third kappa shape index (κ3) is 14.2. The molecule has 0 saturated carbocycles. The number of hydrogen-bond acceptors (Lipinski definition) is 5. The quantitative estimate of drug-likeness (QED) is 0.168. The minimum atomic E-state index is -1.11. The summed E-state index contributed by atoms with van der Waals surface area (Å²) in [6, 6.07) is 0. The van der Waals surface area contributed by atoms with Crippen molar-refractivity contribution in [1.82, 2.24) is 0 Å². The van der Waals surface area contributed by atoms with E-state index in [1.807, 2.05) is 6.08 Å². The van der Waals surface area contributed by atoms with Gasteiger partial charge in [-0.1, -0.05) is 103 Å². The van der Waals surface area contributed by atoms with E-state index in [0.29, 0.717) is 0 Å². The summed E-state index contributed by atoms with van der Waals surface area (Å²) in [6.45, 7) is 2.15. The zero-order chi connectivity index (χ0) is 22.6. The standard InChI is InChI=1S/C26H50O5/c1-2-3-4-5-6-7-8-9-10-11-12-13-14-15-16-17-18-19-20-30-24-22-31-23(21-27)25(28)26(24)29/h19-20,23-29H,2-18,21-22H2,1H3/b20-19+/t23-,24+,25-,26-/m0/s1. The SMILES string of the molecule is CCCCCCCCCCCCCCCCCC/C=C/O[C@@H]1CO[C@@H](CO)[C@H](O)[C@H]1O. The van der Waals surface area contributed by atoms with E-state index in [1.165, 1.54) is 96.3 Å². The van der Waals surface area contributed by atoms with Crippen LogP contribution in [0.15, 0.2) is 12.3 Å². The fourth-order valence-corrected chi connectivity index (χ4v) is 4.17. The van der Waals surface area contributed by atoms with E-state index < -0.39 is 24.4 Å². The second-order valence-electron chi connectivity index (χ2n) is 9.17. The van der Waals surface area contributed by atoms with Gasteiger partial charge in [-0.05, 0) is 18.9 Å². The first-order chi connectivity index (χ1) is 15.2. The van der Waals surface area contributed by atoms with Crippen LogP contribution in [-0.2, 0) is 9.47 Å². The van der Waals surface area contributed by atoms with Crippen LogP contribution in [-0.4, -0.2) is 52.9 Å². The van der Waals surface area contributed by atoms with Crippen molar-refractivity contribution in [3.8, 4) is 0 Å². The van der Waals surface area contributed by atoms with Crippen LogP contribution in [0.1, 0.15) is 116 Å². The highest BCUT2D eigenvalue weighted by Gasteiger charge is 2.38. The van der Waals surface area contributed by atoms with E-state index in [2.05, 4.69) is 6.92 Å². The molecule has 0 radical (unpaired) electrons. The Kier molecular flexibility index (Phi) is 18.3. The number of rotatable bonds is 20. The first-order valence-corrected chi connectivity index (χ1v) is 13.1. The molecule has 0 aromatic rings. The van der Waals surface area contributed by atoms with Crippen LogP contribution in [0, 0.1) is 0 Å². The number of aliphatic hydroxyl groups excluding tert-OH is 3. The smallest absolute Gasteiger partial charge is 0.149 e. The van der Waals surface area contributed by atoms with Gasteiger partial charge in [0.15, 0.2) is 0 Å². The molecule has 1 rings (SSSR count). The molecule has 0 unspecified atom stereocenters. The summed E-state index contributed by atoms with van der Waals surface area (Å²) < 4.78 is 10.8. The van der Waals surface area contributed by atoms with Crippen LogP contribution in [0.3, 0.4) is 0 Å². The summed E-state index contributed by atoms with van der Waals surface area (Å²) in [5.41, 5.74) is 0. The summed E-state index contributed by atoms with van der Waals surface area (Å²) >= 11 is 0. The van der Waals surface area contributed by atoms with E-state index in [9.17, 15) is 10.2 Å². The van der Waals surface area contributed by atoms with Gasteiger partial charge in [0.25, 0.3) is 0 Å². The fourth-order valence-electron chi connectivity index (χ4n) is 4.17. The molecule has 0 aromatic carbocycles. The van der Waals surface area contributed by atoms with Crippen LogP contribution in [0.5, 0.6) is 0 Å². The van der Waals surface area contributed by atoms with Gasteiger partial charge in [-0.2, -0.15) is 0 Å². The lowest BCUT2D eigenvalue weighted by atomic mass is 10.0. The van der Waals surface area contributed by atoms with E-state index in [4.69, 9.17) is 14.6 Å². The Labute approximate surface area is 191 Å². The molecule has 1 heterocycles. The minimum absolute atomic E-state index is 0.173. The Morgan fingerprint density at radius 3 is 1.71 bits per heavy atom. The summed E-state index contributed by atoms with van der Waals surface area (Å²) in [5.74, 6) is 0. The molecule has 1 fully saturated rings. The Hall–Kier alpha value is -0.620. The van der Waals surface area contributed by atoms with Gasteiger partial charge in [0.1, 0.15) is 24.4 Å². The highest BCUT2D eigenvalue weighted by Crippen LogP contribution is 2.18. The number of hydrogen-bond donors (Lipinski definition) is 3. The minimum Gasteiger partial charge on any atom is -0.493 e. The highest BCUT2D eigenvalue weighted by molar-refractivity contribution is 4.89. The maximum atomic E-state index is 9.99. The molecule has 0 bridgehead atoms. The van der Waals surface area contributed by atoms with Gasteiger partial charge in [0.05, 0.1) is 19.5 Å².